The number of nitrogens with one attached hydrogen (secondary N) is 1. The molecule has 1 N–H and O–H groups in total. The van der Waals surface area contributed by atoms with Gasteiger partial charge in [-0.05, 0) is 13.8 Å². The van der Waals surface area contributed by atoms with Gasteiger partial charge in [0.25, 0.3) is 0 Å². The van der Waals surface area contributed by atoms with Gasteiger partial charge in [-0.1, -0.05) is 0 Å². The Bertz CT molecular complexity index is 195. The van der Waals surface area contributed by atoms with Gasteiger partial charge < -0.3 is 9.47 Å². The molecular weight excluding hydrogens is 178 g/mol. The summed E-state index contributed by atoms with van der Waals surface area (Å²) in [7, 11) is -2.52. The molecular formula is C7H17NO3S. The van der Waals surface area contributed by atoms with E-state index in [4.69, 9.17) is 14.3 Å². The second-order valence-electron chi connectivity index (χ2n) is 2.51. The lowest BCUT2D eigenvalue weighted by molar-refractivity contribution is -0.120. The van der Waals surface area contributed by atoms with E-state index in [1.165, 1.54) is 6.26 Å². The highest BCUT2D eigenvalue weighted by molar-refractivity contribution is 7.91. The highest BCUT2D eigenvalue weighted by Crippen LogP contribution is 1.99. The Balaban J connectivity index is 3.95. The molecule has 0 aliphatic heterocycles. The maximum Gasteiger partial charge on any atom is 0.169 e. The third-order valence-corrected chi connectivity index (χ3v) is 2.07. The summed E-state index contributed by atoms with van der Waals surface area (Å²) in [5.41, 5.74) is 0. The lowest BCUT2D eigenvalue weighted by atomic mass is 10.7. The number of hydrogen-bond donors (Lipinski definition) is 1. The smallest absolute Gasteiger partial charge is 0.169 e. The van der Waals surface area contributed by atoms with Crippen LogP contribution in [0.4, 0.5) is 0 Å². The SMILES string of the molecule is CCOC(CS(C)(=N)=O)OCC. The summed E-state index contributed by atoms with van der Waals surface area (Å²) in [5, 5.41) is 0. The topological polar surface area (TPSA) is 59.4 Å². The van der Waals surface area contributed by atoms with E-state index in [0.29, 0.717) is 13.2 Å². The van der Waals surface area contributed by atoms with E-state index < -0.39 is 16.0 Å². The van der Waals surface area contributed by atoms with Gasteiger partial charge >= 0.3 is 0 Å². The predicted octanol–water partition coefficient (Wildman–Crippen LogP) is 1.06. The highest BCUT2D eigenvalue weighted by atomic mass is 32.2. The summed E-state index contributed by atoms with van der Waals surface area (Å²) in [6.07, 6.45) is 0.896. The number of rotatable bonds is 6. The van der Waals surface area contributed by atoms with Gasteiger partial charge in [0.1, 0.15) is 0 Å². The van der Waals surface area contributed by atoms with Crippen LogP contribution in [0.25, 0.3) is 0 Å². The van der Waals surface area contributed by atoms with Crippen LogP contribution in [-0.2, 0) is 19.2 Å². The van der Waals surface area contributed by atoms with Gasteiger partial charge in [-0.2, -0.15) is 0 Å². The van der Waals surface area contributed by atoms with Crippen LogP contribution in [0.15, 0.2) is 0 Å². The van der Waals surface area contributed by atoms with Crippen LogP contribution in [0, 0.1) is 4.78 Å². The third kappa shape index (κ3) is 6.57. The Morgan fingerprint density at radius 1 is 1.33 bits per heavy atom. The molecule has 0 aliphatic rings. The molecule has 0 aromatic carbocycles. The van der Waals surface area contributed by atoms with Gasteiger partial charge in [0.05, 0.1) is 5.75 Å². The number of hydrogen-bond acceptors (Lipinski definition) is 4. The van der Waals surface area contributed by atoms with Gasteiger partial charge in [-0.25, -0.2) is 0 Å². The molecule has 12 heavy (non-hydrogen) atoms. The van der Waals surface area contributed by atoms with E-state index in [9.17, 15) is 4.21 Å². The largest absolute Gasteiger partial charge is 0.352 e. The molecule has 1 atom stereocenters. The lowest BCUT2D eigenvalue weighted by Crippen LogP contribution is -2.25. The normalized spacial score (nSPS) is 16.3. The maximum atomic E-state index is 11.1. The van der Waals surface area contributed by atoms with E-state index >= 15 is 0 Å². The van der Waals surface area contributed by atoms with Crippen LogP contribution < -0.4 is 0 Å². The highest BCUT2D eigenvalue weighted by Gasteiger charge is 2.12. The average molecular weight is 195 g/mol. The van der Waals surface area contributed by atoms with Crippen molar-refractivity contribution in [1.29, 1.82) is 4.78 Å². The van der Waals surface area contributed by atoms with Crippen LogP contribution in [0.2, 0.25) is 0 Å². The zero-order valence-electron chi connectivity index (χ0n) is 7.83. The Morgan fingerprint density at radius 3 is 2.00 bits per heavy atom. The van der Waals surface area contributed by atoms with Crippen molar-refractivity contribution in [2.75, 3.05) is 25.2 Å². The van der Waals surface area contributed by atoms with Crippen LogP contribution in [0.1, 0.15) is 13.8 Å². The van der Waals surface area contributed by atoms with Crippen LogP contribution in [-0.4, -0.2) is 35.7 Å². The van der Waals surface area contributed by atoms with Crippen molar-refractivity contribution in [2.24, 2.45) is 0 Å². The predicted molar refractivity (Wildman–Crippen MR) is 48.7 cm³/mol. The van der Waals surface area contributed by atoms with Crippen molar-refractivity contribution < 1.29 is 13.7 Å². The van der Waals surface area contributed by atoms with E-state index in [0.717, 1.165) is 0 Å². The summed E-state index contributed by atoms with van der Waals surface area (Å²) in [5.74, 6) is 0.147. The molecule has 0 aromatic heterocycles. The van der Waals surface area contributed by atoms with E-state index in [1.54, 1.807) is 0 Å². The van der Waals surface area contributed by atoms with Gasteiger partial charge in [0.15, 0.2) is 6.29 Å². The molecule has 0 rings (SSSR count). The van der Waals surface area contributed by atoms with Crippen molar-refractivity contribution in [3.63, 3.8) is 0 Å². The molecule has 0 amide bonds. The molecule has 74 valence electrons. The minimum atomic E-state index is -2.52. The lowest BCUT2D eigenvalue weighted by Gasteiger charge is -2.16. The second kappa shape index (κ2) is 5.50. The molecule has 0 aromatic rings. The van der Waals surface area contributed by atoms with E-state index in [2.05, 4.69) is 0 Å². The summed E-state index contributed by atoms with van der Waals surface area (Å²) in [4.78, 5) is 0. The Morgan fingerprint density at radius 2 is 1.75 bits per heavy atom. The van der Waals surface area contributed by atoms with Crippen molar-refractivity contribution >= 4 is 9.73 Å². The molecule has 0 radical (unpaired) electrons. The molecule has 0 heterocycles. The first-order valence-corrected chi connectivity index (χ1v) is 6.07. The monoisotopic (exact) mass is 195 g/mol. The van der Waals surface area contributed by atoms with Crippen molar-refractivity contribution in [3.8, 4) is 0 Å². The van der Waals surface area contributed by atoms with Crippen molar-refractivity contribution in [3.05, 3.63) is 0 Å². The van der Waals surface area contributed by atoms with Crippen LogP contribution in [0.5, 0.6) is 0 Å². The van der Waals surface area contributed by atoms with Crippen molar-refractivity contribution in [2.45, 2.75) is 20.1 Å². The van der Waals surface area contributed by atoms with Crippen LogP contribution in [0.3, 0.4) is 0 Å². The van der Waals surface area contributed by atoms with Gasteiger partial charge in [0, 0.05) is 29.2 Å². The van der Waals surface area contributed by atoms with Gasteiger partial charge in [-0.15, -0.1) is 0 Å². The fourth-order valence-electron chi connectivity index (χ4n) is 0.776. The molecule has 4 nitrogen and oxygen atoms in total. The number of ether oxygens (including phenoxy) is 2. The molecule has 0 saturated carbocycles. The molecule has 0 bridgehead atoms. The average Bonchev–Trinajstić information content (AvgIpc) is 1.84. The van der Waals surface area contributed by atoms with Crippen molar-refractivity contribution in [1.82, 2.24) is 0 Å². The van der Waals surface area contributed by atoms with Crippen LogP contribution >= 0.6 is 0 Å². The van der Waals surface area contributed by atoms with Gasteiger partial charge in [0.2, 0.25) is 0 Å². The first-order chi connectivity index (χ1) is 5.49. The first-order valence-electron chi connectivity index (χ1n) is 3.94. The Kier molecular flexibility index (Phi) is 5.44. The molecule has 5 heteroatoms. The Hall–Kier alpha value is -0.130. The first kappa shape index (κ1) is 11.9. The standard InChI is InChI=1S/C7H17NO3S/c1-4-10-7(11-5-2)6-12(3,8)9/h7-8H,4-6H2,1-3H3. The zero-order chi connectivity index (χ0) is 9.61. The zero-order valence-corrected chi connectivity index (χ0v) is 8.65. The van der Waals surface area contributed by atoms with E-state index in [1.807, 2.05) is 13.8 Å². The van der Waals surface area contributed by atoms with E-state index in [-0.39, 0.29) is 5.75 Å². The Labute approximate surface area is 74.2 Å². The third-order valence-electron chi connectivity index (χ3n) is 1.16. The summed E-state index contributed by atoms with van der Waals surface area (Å²) in [6.45, 7) is 4.71. The molecule has 0 fully saturated rings. The molecule has 0 saturated heterocycles. The summed E-state index contributed by atoms with van der Waals surface area (Å²) >= 11 is 0. The second-order valence-corrected chi connectivity index (χ2v) is 4.86. The summed E-state index contributed by atoms with van der Waals surface area (Å²) in [6, 6.07) is 0. The molecule has 0 aliphatic carbocycles. The molecule has 0 spiro atoms. The fraction of sp³-hybridized carbons (Fsp3) is 1.00. The minimum Gasteiger partial charge on any atom is -0.352 e. The molecule has 1 unspecified atom stereocenters. The fourth-order valence-corrected chi connectivity index (χ4v) is 1.49. The maximum absolute atomic E-state index is 11.1. The minimum absolute atomic E-state index is 0.147. The quantitative estimate of drug-likeness (QED) is 0.645. The summed E-state index contributed by atoms with van der Waals surface area (Å²) < 4.78 is 28.5. The van der Waals surface area contributed by atoms with Gasteiger partial charge in [-0.3, -0.25) is 8.99 Å².